The zero-order valence-corrected chi connectivity index (χ0v) is 16.3. The number of nitro benzene ring substituents is 1. The first kappa shape index (κ1) is 19.2. The third-order valence-corrected chi connectivity index (χ3v) is 4.76. The molecule has 6 nitrogen and oxygen atoms in total. The average Bonchev–Trinajstić information content (AvgIpc) is 2.58. The molecular formula is C18H20IN3O3. The Hall–Kier alpha value is -2.16. The highest BCUT2D eigenvalue weighted by Gasteiger charge is 2.15. The highest BCUT2D eigenvalue weighted by Crippen LogP contribution is 2.19. The van der Waals surface area contributed by atoms with E-state index >= 15 is 0 Å². The van der Waals surface area contributed by atoms with Crippen LogP contribution in [0.2, 0.25) is 0 Å². The summed E-state index contributed by atoms with van der Waals surface area (Å²) < 4.78 is 0.687. The van der Waals surface area contributed by atoms with Gasteiger partial charge in [-0.1, -0.05) is 12.1 Å². The Morgan fingerprint density at radius 1 is 1.28 bits per heavy atom. The van der Waals surface area contributed by atoms with Crippen LogP contribution in [0.4, 0.5) is 11.4 Å². The van der Waals surface area contributed by atoms with E-state index in [4.69, 9.17) is 0 Å². The van der Waals surface area contributed by atoms with Crippen LogP contribution in [-0.2, 0) is 0 Å². The molecular weight excluding hydrogens is 433 g/mol. The summed E-state index contributed by atoms with van der Waals surface area (Å²) in [5.74, 6) is -0.298. The molecule has 0 unspecified atom stereocenters. The monoisotopic (exact) mass is 453 g/mol. The van der Waals surface area contributed by atoms with Crippen LogP contribution in [0.1, 0.15) is 22.8 Å². The first-order chi connectivity index (χ1) is 11.9. The highest BCUT2D eigenvalue weighted by molar-refractivity contribution is 14.1. The van der Waals surface area contributed by atoms with Gasteiger partial charge >= 0.3 is 0 Å². The van der Waals surface area contributed by atoms with E-state index < -0.39 is 4.92 Å². The van der Waals surface area contributed by atoms with Crippen LogP contribution in [0.5, 0.6) is 0 Å². The lowest BCUT2D eigenvalue weighted by Gasteiger charge is -2.23. The van der Waals surface area contributed by atoms with Crippen LogP contribution in [0.3, 0.4) is 0 Å². The zero-order chi connectivity index (χ0) is 18.4. The largest absolute Gasteiger partial charge is 0.370 e. The molecule has 0 fully saturated rings. The molecule has 2 aromatic rings. The zero-order valence-electron chi connectivity index (χ0n) is 14.2. The SMILES string of the molecule is CCN(CCNC(=O)c1cc([N+](=O)[O-])ccc1I)c1cccc(C)c1. The van der Waals surface area contributed by atoms with Gasteiger partial charge in [0, 0.05) is 41.0 Å². The van der Waals surface area contributed by atoms with Crippen molar-refractivity contribution in [2.24, 2.45) is 0 Å². The maximum absolute atomic E-state index is 12.3. The molecule has 0 saturated heterocycles. The quantitative estimate of drug-likeness (QED) is 0.394. The van der Waals surface area contributed by atoms with Crippen molar-refractivity contribution < 1.29 is 9.72 Å². The highest BCUT2D eigenvalue weighted by atomic mass is 127. The van der Waals surface area contributed by atoms with Crippen molar-refractivity contribution in [3.63, 3.8) is 0 Å². The molecule has 0 saturated carbocycles. The second-order valence-corrected chi connectivity index (χ2v) is 6.76. The van der Waals surface area contributed by atoms with Gasteiger partial charge in [-0.15, -0.1) is 0 Å². The maximum atomic E-state index is 12.3. The molecule has 1 N–H and O–H groups in total. The summed E-state index contributed by atoms with van der Waals surface area (Å²) in [6.07, 6.45) is 0. The van der Waals surface area contributed by atoms with Crippen molar-refractivity contribution >= 4 is 39.9 Å². The number of benzene rings is 2. The number of aryl methyl sites for hydroxylation is 1. The van der Waals surface area contributed by atoms with Gasteiger partial charge < -0.3 is 10.2 Å². The number of hydrogen-bond acceptors (Lipinski definition) is 4. The van der Waals surface area contributed by atoms with Crippen molar-refractivity contribution in [1.29, 1.82) is 0 Å². The van der Waals surface area contributed by atoms with Gasteiger partial charge in [-0.2, -0.15) is 0 Å². The Morgan fingerprint density at radius 3 is 2.68 bits per heavy atom. The number of halogens is 1. The van der Waals surface area contributed by atoms with Crippen LogP contribution < -0.4 is 10.2 Å². The Morgan fingerprint density at radius 2 is 2.04 bits per heavy atom. The smallest absolute Gasteiger partial charge is 0.270 e. The summed E-state index contributed by atoms with van der Waals surface area (Å²) in [6.45, 7) is 6.06. The second kappa shape index (κ2) is 8.80. The van der Waals surface area contributed by atoms with Gasteiger partial charge in [-0.3, -0.25) is 14.9 Å². The third-order valence-electron chi connectivity index (χ3n) is 3.82. The summed E-state index contributed by atoms with van der Waals surface area (Å²) in [4.78, 5) is 24.9. The summed E-state index contributed by atoms with van der Waals surface area (Å²) in [6, 6.07) is 12.5. The molecule has 0 aliphatic heterocycles. The van der Waals surface area contributed by atoms with Crippen LogP contribution in [0.15, 0.2) is 42.5 Å². The molecule has 0 spiro atoms. The predicted molar refractivity (Wildman–Crippen MR) is 107 cm³/mol. The van der Waals surface area contributed by atoms with Gasteiger partial charge in [0.15, 0.2) is 0 Å². The number of nitro groups is 1. The third kappa shape index (κ3) is 5.15. The number of nitrogens with one attached hydrogen (secondary N) is 1. The molecule has 132 valence electrons. The van der Waals surface area contributed by atoms with E-state index in [1.54, 1.807) is 6.07 Å². The number of likely N-dealkylation sites (N-methyl/N-ethyl adjacent to an activating group) is 1. The lowest BCUT2D eigenvalue weighted by molar-refractivity contribution is -0.384. The van der Waals surface area contributed by atoms with Gasteiger partial charge in [-0.05, 0) is 60.2 Å². The molecule has 7 heteroatoms. The van der Waals surface area contributed by atoms with E-state index in [-0.39, 0.29) is 11.6 Å². The molecule has 0 atom stereocenters. The van der Waals surface area contributed by atoms with Gasteiger partial charge in [-0.25, -0.2) is 0 Å². The fourth-order valence-corrected chi connectivity index (χ4v) is 3.08. The summed E-state index contributed by atoms with van der Waals surface area (Å²) in [5.41, 5.74) is 2.54. The Labute approximate surface area is 160 Å². The minimum absolute atomic E-state index is 0.0829. The van der Waals surface area contributed by atoms with Crippen molar-refractivity contribution in [3.8, 4) is 0 Å². The molecule has 25 heavy (non-hydrogen) atoms. The molecule has 2 rings (SSSR count). The van der Waals surface area contributed by atoms with Gasteiger partial charge in [0.25, 0.3) is 11.6 Å². The Bertz CT molecular complexity index is 780. The topological polar surface area (TPSA) is 75.5 Å². The first-order valence-corrected chi connectivity index (χ1v) is 9.04. The standard InChI is InChI=1S/C18H20IN3O3/c1-3-21(14-6-4-5-13(2)11-14)10-9-20-18(23)16-12-15(22(24)25)7-8-17(16)19/h4-8,11-12H,3,9-10H2,1-2H3,(H,20,23). The molecule has 1 amide bonds. The second-order valence-electron chi connectivity index (χ2n) is 5.60. The number of nitrogens with zero attached hydrogens (tertiary/aromatic N) is 2. The maximum Gasteiger partial charge on any atom is 0.270 e. The number of amides is 1. The van der Waals surface area contributed by atoms with E-state index in [9.17, 15) is 14.9 Å². The fourth-order valence-electron chi connectivity index (χ4n) is 2.49. The normalized spacial score (nSPS) is 10.4. The predicted octanol–water partition coefficient (Wildman–Crippen LogP) is 3.76. The van der Waals surface area contributed by atoms with Crippen LogP contribution in [-0.4, -0.2) is 30.5 Å². The average molecular weight is 453 g/mol. The molecule has 0 aliphatic rings. The summed E-state index contributed by atoms with van der Waals surface area (Å²) in [7, 11) is 0. The summed E-state index contributed by atoms with van der Waals surface area (Å²) >= 11 is 2.01. The van der Waals surface area contributed by atoms with Gasteiger partial charge in [0.05, 0.1) is 10.5 Å². The number of carbonyl (C=O) groups excluding carboxylic acids is 1. The van der Waals surface area contributed by atoms with Crippen molar-refractivity contribution in [2.75, 3.05) is 24.5 Å². The Balaban J connectivity index is 2.00. The first-order valence-electron chi connectivity index (χ1n) is 7.96. The molecule has 0 heterocycles. The van der Waals surface area contributed by atoms with E-state index in [1.807, 2.05) is 47.7 Å². The van der Waals surface area contributed by atoms with Crippen LogP contribution in [0, 0.1) is 20.6 Å². The number of carbonyl (C=O) groups is 1. The lowest BCUT2D eigenvalue weighted by atomic mass is 10.2. The summed E-state index contributed by atoms with van der Waals surface area (Å²) in [5, 5.41) is 13.7. The van der Waals surface area contributed by atoms with E-state index in [2.05, 4.69) is 23.2 Å². The van der Waals surface area contributed by atoms with E-state index in [1.165, 1.54) is 17.7 Å². The number of hydrogen-bond donors (Lipinski definition) is 1. The van der Waals surface area contributed by atoms with Crippen molar-refractivity contribution in [1.82, 2.24) is 5.32 Å². The number of rotatable bonds is 7. The molecule has 0 aromatic heterocycles. The van der Waals surface area contributed by atoms with Crippen molar-refractivity contribution in [2.45, 2.75) is 13.8 Å². The van der Waals surface area contributed by atoms with Crippen LogP contribution in [0.25, 0.3) is 0 Å². The number of anilines is 1. The van der Waals surface area contributed by atoms with Crippen LogP contribution >= 0.6 is 22.6 Å². The minimum atomic E-state index is -0.497. The van der Waals surface area contributed by atoms with Crippen molar-refractivity contribution in [3.05, 3.63) is 67.3 Å². The van der Waals surface area contributed by atoms with Gasteiger partial charge in [0.2, 0.25) is 0 Å². The molecule has 0 aliphatic carbocycles. The Kier molecular flexibility index (Phi) is 6.74. The van der Waals surface area contributed by atoms with E-state index in [0.717, 1.165) is 12.2 Å². The van der Waals surface area contributed by atoms with Gasteiger partial charge in [0.1, 0.15) is 0 Å². The molecule has 0 bridgehead atoms. The molecule has 2 aromatic carbocycles. The minimum Gasteiger partial charge on any atom is -0.370 e. The fraction of sp³-hybridized carbons (Fsp3) is 0.278. The number of non-ortho nitro benzene ring substituents is 1. The van der Waals surface area contributed by atoms with E-state index in [0.29, 0.717) is 22.2 Å². The lowest BCUT2D eigenvalue weighted by Crippen LogP contribution is -2.35. The molecule has 0 radical (unpaired) electrons.